The molecule has 0 saturated heterocycles. The summed E-state index contributed by atoms with van der Waals surface area (Å²) in [5.74, 6) is 0. The van der Waals surface area contributed by atoms with Crippen molar-refractivity contribution in [2.75, 3.05) is 36.0 Å². The van der Waals surface area contributed by atoms with Crippen LogP contribution in [0.15, 0.2) is 6.07 Å². The van der Waals surface area contributed by atoms with E-state index >= 15 is 0 Å². The van der Waals surface area contributed by atoms with Crippen LogP contribution in [0.3, 0.4) is 0 Å². The van der Waals surface area contributed by atoms with Crippen LogP contribution >= 0.6 is 0 Å². The Bertz CT molecular complexity index is 478. The molecule has 0 spiro atoms. The molecule has 0 saturated carbocycles. The molecule has 0 aliphatic carbocycles. The lowest BCUT2D eigenvalue weighted by Gasteiger charge is -2.45. The maximum atomic E-state index is 2.65. The molecule has 3 aliphatic heterocycles. The summed E-state index contributed by atoms with van der Waals surface area (Å²) in [6.07, 6.45) is 5.25. The number of nitrogens with zero attached hydrogens (tertiary/aromatic N) is 2. The topological polar surface area (TPSA) is 6.48 Å². The fourth-order valence-electron chi connectivity index (χ4n) is 3.92. The van der Waals surface area contributed by atoms with E-state index in [-0.39, 0.29) is 0 Å². The van der Waals surface area contributed by atoms with Crippen LogP contribution in [0.5, 0.6) is 0 Å². The molecule has 17 heavy (non-hydrogen) atoms. The summed E-state index contributed by atoms with van der Waals surface area (Å²) in [5.41, 5.74) is 7.99. The molecule has 0 atom stereocenters. The third-order valence-corrected chi connectivity index (χ3v) is 4.68. The highest BCUT2D eigenvalue weighted by Gasteiger charge is 2.32. The Labute approximate surface area is 103 Å². The van der Waals surface area contributed by atoms with Crippen LogP contribution in [0.4, 0.5) is 11.4 Å². The van der Waals surface area contributed by atoms with Crippen molar-refractivity contribution in [3.8, 4) is 0 Å². The van der Waals surface area contributed by atoms with Gasteiger partial charge in [-0.05, 0) is 49.3 Å². The molecule has 0 amide bonds. The molecule has 2 heteroatoms. The van der Waals surface area contributed by atoms with E-state index in [9.17, 15) is 0 Å². The van der Waals surface area contributed by atoms with Gasteiger partial charge in [-0.25, -0.2) is 0 Å². The Morgan fingerprint density at radius 1 is 0.882 bits per heavy atom. The second kappa shape index (κ2) is 3.41. The second-order valence-electron chi connectivity index (χ2n) is 5.71. The van der Waals surface area contributed by atoms with Gasteiger partial charge in [0.25, 0.3) is 0 Å². The van der Waals surface area contributed by atoms with Crippen molar-refractivity contribution in [3.63, 3.8) is 0 Å². The van der Waals surface area contributed by atoms with Crippen LogP contribution in [0.25, 0.3) is 0 Å². The Morgan fingerprint density at radius 2 is 1.59 bits per heavy atom. The van der Waals surface area contributed by atoms with E-state index in [0.29, 0.717) is 0 Å². The maximum absolute atomic E-state index is 2.65. The first-order valence-corrected chi connectivity index (χ1v) is 7.00. The van der Waals surface area contributed by atoms with E-state index in [1.165, 1.54) is 57.4 Å². The van der Waals surface area contributed by atoms with Crippen LogP contribution in [0.2, 0.25) is 0 Å². The molecule has 90 valence electrons. The normalized spacial score (nSPS) is 21.5. The third-order valence-electron chi connectivity index (χ3n) is 4.68. The highest BCUT2D eigenvalue weighted by molar-refractivity contribution is 5.82. The van der Waals surface area contributed by atoms with Crippen molar-refractivity contribution in [2.45, 2.75) is 32.6 Å². The van der Waals surface area contributed by atoms with Gasteiger partial charge < -0.3 is 9.80 Å². The van der Waals surface area contributed by atoms with Gasteiger partial charge in [0.1, 0.15) is 0 Å². The maximum Gasteiger partial charge on any atom is 0.0642 e. The van der Waals surface area contributed by atoms with Crippen LogP contribution in [-0.2, 0) is 12.8 Å². The molecule has 4 rings (SSSR count). The van der Waals surface area contributed by atoms with E-state index in [4.69, 9.17) is 0 Å². The van der Waals surface area contributed by atoms with Crippen molar-refractivity contribution in [3.05, 3.63) is 22.8 Å². The van der Waals surface area contributed by atoms with Crippen LogP contribution < -0.4 is 9.80 Å². The Balaban J connectivity index is 2.01. The average Bonchev–Trinajstić information content (AvgIpc) is 2.37. The lowest BCUT2D eigenvalue weighted by molar-refractivity contribution is 0.611. The standard InChI is InChI=1S/C15H20N2/c1-11-10-12-4-2-6-16-8-9-17-7-3-5-13(11)15(17)14(12)16/h10H,2-9H2,1H3. The fraction of sp³-hybridized carbons (Fsp3) is 0.600. The van der Waals surface area contributed by atoms with Crippen molar-refractivity contribution in [1.29, 1.82) is 0 Å². The molecule has 0 fully saturated rings. The first kappa shape index (κ1) is 9.81. The summed E-state index contributed by atoms with van der Waals surface area (Å²) in [5, 5.41) is 0. The zero-order chi connectivity index (χ0) is 11.4. The first-order chi connectivity index (χ1) is 8.34. The van der Waals surface area contributed by atoms with Crippen LogP contribution in [-0.4, -0.2) is 26.2 Å². The van der Waals surface area contributed by atoms with Crippen molar-refractivity contribution in [1.82, 2.24) is 0 Å². The lowest BCUT2D eigenvalue weighted by Crippen LogP contribution is -2.46. The summed E-state index contributed by atoms with van der Waals surface area (Å²) in [6, 6.07) is 2.47. The lowest BCUT2D eigenvalue weighted by atomic mass is 9.88. The zero-order valence-corrected chi connectivity index (χ0v) is 10.6. The SMILES string of the molecule is Cc1cc2c3c4c1CCCN4CCN3CCC2. The Kier molecular flexibility index (Phi) is 1.97. The molecule has 1 aromatic carbocycles. The molecule has 0 bridgehead atoms. The zero-order valence-electron chi connectivity index (χ0n) is 10.6. The highest BCUT2D eigenvalue weighted by Crippen LogP contribution is 2.45. The van der Waals surface area contributed by atoms with Gasteiger partial charge in [-0.1, -0.05) is 6.07 Å². The minimum absolute atomic E-state index is 1.24. The summed E-state index contributed by atoms with van der Waals surface area (Å²) in [6.45, 7) is 7.33. The Hall–Kier alpha value is -1.18. The highest BCUT2D eigenvalue weighted by atomic mass is 15.3. The summed E-state index contributed by atoms with van der Waals surface area (Å²) in [4.78, 5) is 5.28. The van der Waals surface area contributed by atoms with Gasteiger partial charge >= 0.3 is 0 Å². The second-order valence-corrected chi connectivity index (χ2v) is 5.71. The first-order valence-electron chi connectivity index (χ1n) is 7.00. The molecule has 0 aromatic heterocycles. The monoisotopic (exact) mass is 228 g/mol. The van der Waals surface area contributed by atoms with E-state index < -0.39 is 0 Å². The van der Waals surface area contributed by atoms with Crippen molar-refractivity contribution in [2.24, 2.45) is 0 Å². The number of anilines is 2. The minimum Gasteiger partial charge on any atom is -0.368 e. The van der Waals surface area contributed by atoms with Gasteiger partial charge in [0.15, 0.2) is 0 Å². The van der Waals surface area contributed by atoms with Gasteiger partial charge in [-0.15, -0.1) is 0 Å². The molecule has 3 heterocycles. The molecular formula is C15H20N2. The number of aryl methyl sites for hydroxylation is 2. The third kappa shape index (κ3) is 1.27. The average molecular weight is 228 g/mol. The van der Waals surface area contributed by atoms with Gasteiger partial charge in [0.05, 0.1) is 11.4 Å². The van der Waals surface area contributed by atoms with Crippen LogP contribution in [0.1, 0.15) is 29.5 Å². The van der Waals surface area contributed by atoms with E-state index in [2.05, 4.69) is 22.8 Å². The van der Waals surface area contributed by atoms with Crippen LogP contribution in [0, 0.1) is 6.92 Å². The molecule has 0 N–H and O–H groups in total. The molecular weight excluding hydrogens is 208 g/mol. The predicted octanol–water partition coefficient (Wildman–Crippen LogP) is 2.51. The molecule has 0 radical (unpaired) electrons. The smallest absolute Gasteiger partial charge is 0.0642 e. The summed E-state index contributed by atoms with van der Waals surface area (Å²) in [7, 11) is 0. The van der Waals surface area contributed by atoms with E-state index in [1.54, 1.807) is 22.5 Å². The number of hydrogen-bond acceptors (Lipinski definition) is 2. The van der Waals surface area contributed by atoms with E-state index in [0.717, 1.165) is 0 Å². The quantitative estimate of drug-likeness (QED) is 0.673. The molecule has 0 unspecified atom stereocenters. The van der Waals surface area contributed by atoms with Crippen molar-refractivity contribution >= 4 is 11.4 Å². The fourth-order valence-corrected chi connectivity index (χ4v) is 3.92. The van der Waals surface area contributed by atoms with Gasteiger partial charge in [-0.2, -0.15) is 0 Å². The van der Waals surface area contributed by atoms with Gasteiger partial charge in [0.2, 0.25) is 0 Å². The largest absolute Gasteiger partial charge is 0.368 e. The van der Waals surface area contributed by atoms with Crippen molar-refractivity contribution < 1.29 is 0 Å². The van der Waals surface area contributed by atoms with Gasteiger partial charge in [0, 0.05) is 26.2 Å². The predicted molar refractivity (Wildman–Crippen MR) is 72.2 cm³/mol. The Morgan fingerprint density at radius 3 is 2.41 bits per heavy atom. The van der Waals surface area contributed by atoms with E-state index in [1.807, 2.05) is 0 Å². The summed E-state index contributed by atoms with van der Waals surface area (Å²) < 4.78 is 0. The molecule has 3 aliphatic rings. The number of benzene rings is 1. The molecule has 2 nitrogen and oxygen atoms in total. The van der Waals surface area contributed by atoms with Gasteiger partial charge in [-0.3, -0.25) is 0 Å². The molecule has 1 aromatic rings. The summed E-state index contributed by atoms with van der Waals surface area (Å²) >= 11 is 0. The minimum atomic E-state index is 1.24. The number of rotatable bonds is 0. The number of hydrogen-bond donors (Lipinski definition) is 0.